The molecule has 0 aliphatic carbocycles. The van der Waals surface area contributed by atoms with Crippen LogP contribution in [0.4, 0.5) is 13.2 Å². The van der Waals surface area contributed by atoms with Gasteiger partial charge in [0.15, 0.2) is 17.3 Å². The molecular weight excluding hydrogens is 385 g/mol. The van der Waals surface area contributed by atoms with E-state index < -0.39 is 23.4 Å². The van der Waals surface area contributed by atoms with Crippen LogP contribution in [0.25, 0.3) is 11.6 Å². The molecule has 0 radical (unpaired) electrons. The van der Waals surface area contributed by atoms with Crippen LogP contribution in [0.3, 0.4) is 0 Å². The Morgan fingerprint density at radius 2 is 1.86 bits per heavy atom. The quantitative estimate of drug-likeness (QED) is 0.659. The lowest BCUT2D eigenvalue weighted by atomic mass is 9.85. The maximum absolute atomic E-state index is 13.5. The van der Waals surface area contributed by atoms with Crippen molar-refractivity contribution in [2.75, 3.05) is 13.4 Å². The van der Waals surface area contributed by atoms with Crippen LogP contribution in [-0.4, -0.2) is 19.2 Å². The van der Waals surface area contributed by atoms with Gasteiger partial charge < -0.3 is 14.2 Å². The Kier molecular flexibility index (Phi) is 4.82. The SMILES string of the molecule is CC1C(=O)/C(c2ccccc2C(F)(F)F)=C\OC/C=C\c2ccc3c(c21)OCO3. The minimum absolute atomic E-state index is 0.0269. The average Bonchev–Trinajstić information content (AvgIpc) is 3.17. The number of allylic oxidation sites excluding steroid dienone is 1. The van der Waals surface area contributed by atoms with Crippen molar-refractivity contribution in [1.29, 1.82) is 0 Å². The zero-order valence-electron chi connectivity index (χ0n) is 15.5. The van der Waals surface area contributed by atoms with Crippen LogP contribution < -0.4 is 9.47 Å². The zero-order valence-corrected chi connectivity index (χ0v) is 15.5. The lowest BCUT2D eigenvalue weighted by Gasteiger charge is -2.21. The summed E-state index contributed by atoms with van der Waals surface area (Å²) in [6.07, 6.45) is 0.0302. The highest BCUT2D eigenvalue weighted by Crippen LogP contribution is 2.44. The molecule has 2 aliphatic heterocycles. The summed E-state index contributed by atoms with van der Waals surface area (Å²) in [5.74, 6) is -0.327. The number of halogens is 3. The molecule has 7 heteroatoms. The number of hydrogen-bond acceptors (Lipinski definition) is 4. The van der Waals surface area contributed by atoms with Gasteiger partial charge in [-0.2, -0.15) is 13.2 Å². The second-order valence-electron chi connectivity index (χ2n) is 6.70. The number of Topliss-reactive ketones (excluding diaryl/α,β-unsaturated/α-hetero) is 1. The van der Waals surface area contributed by atoms with Crippen molar-refractivity contribution in [2.45, 2.75) is 19.0 Å². The van der Waals surface area contributed by atoms with Gasteiger partial charge in [0.2, 0.25) is 6.79 Å². The molecule has 0 bridgehead atoms. The van der Waals surface area contributed by atoms with Crippen LogP contribution in [0.15, 0.2) is 48.7 Å². The second kappa shape index (κ2) is 7.31. The number of benzene rings is 2. The van der Waals surface area contributed by atoms with Crippen molar-refractivity contribution >= 4 is 17.4 Å². The Morgan fingerprint density at radius 1 is 1.07 bits per heavy atom. The highest BCUT2D eigenvalue weighted by atomic mass is 19.4. The number of fused-ring (bicyclic) bond motifs is 3. The molecule has 4 rings (SSSR count). The molecule has 0 fully saturated rings. The Balaban J connectivity index is 1.86. The first-order valence-corrected chi connectivity index (χ1v) is 8.99. The minimum atomic E-state index is -4.60. The second-order valence-corrected chi connectivity index (χ2v) is 6.70. The summed E-state index contributed by atoms with van der Waals surface area (Å²) in [7, 11) is 0. The summed E-state index contributed by atoms with van der Waals surface area (Å²) in [4.78, 5) is 13.4. The summed E-state index contributed by atoms with van der Waals surface area (Å²) >= 11 is 0. The molecule has 0 saturated heterocycles. The van der Waals surface area contributed by atoms with Gasteiger partial charge in [-0.25, -0.2) is 0 Å². The van der Waals surface area contributed by atoms with Gasteiger partial charge in [-0.3, -0.25) is 4.79 Å². The van der Waals surface area contributed by atoms with Gasteiger partial charge in [0.05, 0.1) is 17.4 Å². The van der Waals surface area contributed by atoms with Crippen molar-refractivity contribution < 1.29 is 32.2 Å². The van der Waals surface area contributed by atoms with Crippen molar-refractivity contribution in [3.63, 3.8) is 0 Å². The van der Waals surface area contributed by atoms with Crippen LogP contribution in [0.5, 0.6) is 11.5 Å². The van der Waals surface area contributed by atoms with Crippen LogP contribution in [0, 0.1) is 0 Å². The molecule has 150 valence electrons. The summed E-state index contributed by atoms with van der Waals surface area (Å²) in [5, 5.41) is 0. The maximum atomic E-state index is 13.5. The van der Waals surface area contributed by atoms with Gasteiger partial charge in [-0.1, -0.05) is 37.3 Å². The van der Waals surface area contributed by atoms with E-state index in [2.05, 4.69) is 0 Å². The molecule has 1 atom stereocenters. The highest BCUT2D eigenvalue weighted by Gasteiger charge is 2.37. The van der Waals surface area contributed by atoms with E-state index in [1.807, 2.05) is 0 Å². The Hall–Kier alpha value is -3.22. The van der Waals surface area contributed by atoms with Crippen molar-refractivity contribution in [3.05, 3.63) is 71.0 Å². The number of carbonyl (C=O) groups is 1. The number of carbonyl (C=O) groups excluding carboxylic acids is 1. The van der Waals surface area contributed by atoms with E-state index in [1.165, 1.54) is 18.2 Å². The normalized spacial score (nSPS) is 21.6. The van der Waals surface area contributed by atoms with Crippen molar-refractivity contribution in [1.82, 2.24) is 0 Å². The van der Waals surface area contributed by atoms with E-state index >= 15 is 0 Å². The molecule has 2 aromatic rings. The fraction of sp³-hybridized carbons (Fsp3) is 0.227. The smallest absolute Gasteiger partial charge is 0.417 e. The van der Waals surface area contributed by atoms with Gasteiger partial charge >= 0.3 is 6.18 Å². The van der Waals surface area contributed by atoms with E-state index in [1.54, 1.807) is 31.2 Å². The van der Waals surface area contributed by atoms with Crippen molar-refractivity contribution in [3.8, 4) is 11.5 Å². The Bertz CT molecular complexity index is 1020. The molecule has 4 nitrogen and oxygen atoms in total. The van der Waals surface area contributed by atoms with Gasteiger partial charge in [0, 0.05) is 17.0 Å². The average molecular weight is 402 g/mol. The summed E-state index contributed by atoms with van der Waals surface area (Å²) in [6, 6.07) is 8.52. The topological polar surface area (TPSA) is 44.8 Å². The first kappa shape index (κ1) is 19.1. The lowest BCUT2D eigenvalue weighted by molar-refractivity contribution is -0.137. The molecule has 0 saturated carbocycles. The Morgan fingerprint density at radius 3 is 2.66 bits per heavy atom. The summed E-state index contributed by atoms with van der Waals surface area (Å²) < 4.78 is 57.0. The van der Waals surface area contributed by atoms with Crippen LogP contribution in [-0.2, 0) is 15.7 Å². The largest absolute Gasteiger partial charge is 0.496 e. The van der Waals surface area contributed by atoms with E-state index in [0.717, 1.165) is 17.9 Å². The lowest BCUT2D eigenvalue weighted by Crippen LogP contribution is -2.17. The van der Waals surface area contributed by atoms with Crippen LogP contribution in [0.2, 0.25) is 0 Å². The van der Waals surface area contributed by atoms with Gasteiger partial charge in [0.25, 0.3) is 0 Å². The minimum Gasteiger partial charge on any atom is -0.496 e. The predicted octanol–water partition coefficient (Wildman–Crippen LogP) is 5.19. The van der Waals surface area contributed by atoms with Gasteiger partial charge in [0.1, 0.15) is 6.61 Å². The van der Waals surface area contributed by atoms with Gasteiger partial charge in [-0.15, -0.1) is 0 Å². The number of ether oxygens (including phenoxy) is 3. The van der Waals surface area contributed by atoms with Crippen LogP contribution >= 0.6 is 0 Å². The first-order valence-electron chi connectivity index (χ1n) is 8.99. The predicted molar refractivity (Wildman–Crippen MR) is 100 cm³/mol. The molecule has 0 amide bonds. The zero-order chi connectivity index (χ0) is 20.6. The highest BCUT2D eigenvalue weighted by molar-refractivity contribution is 6.23. The number of hydrogen-bond donors (Lipinski definition) is 0. The molecule has 2 aliphatic rings. The van der Waals surface area contributed by atoms with Crippen LogP contribution in [0.1, 0.15) is 35.1 Å². The summed E-state index contributed by atoms with van der Waals surface area (Å²) in [6.45, 7) is 1.77. The number of ketones is 1. The Labute approximate surface area is 165 Å². The fourth-order valence-corrected chi connectivity index (χ4v) is 3.55. The first-order chi connectivity index (χ1) is 13.9. The van der Waals surface area contributed by atoms with Gasteiger partial charge in [-0.05, 0) is 23.8 Å². The van der Waals surface area contributed by atoms with E-state index in [0.29, 0.717) is 17.1 Å². The molecule has 2 heterocycles. The third-order valence-electron chi connectivity index (χ3n) is 4.92. The molecular formula is C22H17F3O4. The van der Waals surface area contributed by atoms with E-state index in [4.69, 9.17) is 14.2 Å². The third-order valence-corrected chi connectivity index (χ3v) is 4.92. The molecule has 0 N–H and O–H groups in total. The van der Waals surface area contributed by atoms with E-state index in [-0.39, 0.29) is 24.5 Å². The molecule has 1 unspecified atom stereocenters. The van der Waals surface area contributed by atoms with E-state index in [9.17, 15) is 18.0 Å². The monoisotopic (exact) mass is 402 g/mol. The maximum Gasteiger partial charge on any atom is 0.417 e. The molecule has 2 aromatic carbocycles. The molecule has 29 heavy (non-hydrogen) atoms. The third kappa shape index (κ3) is 3.48. The summed E-state index contributed by atoms with van der Waals surface area (Å²) in [5.41, 5.74) is 0.0691. The number of alkyl halides is 3. The molecule has 0 spiro atoms. The fourth-order valence-electron chi connectivity index (χ4n) is 3.55. The molecule has 0 aromatic heterocycles. The number of rotatable bonds is 1. The standard InChI is InChI=1S/C22H17F3O4/c1-13-19-14(8-9-18-21(19)29-12-28-18)5-4-10-27-11-16(20(13)26)15-6-2-3-7-17(15)22(23,24)25/h2-9,11,13H,10,12H2,1H3/b5-4-,16-11-. The van der Waals surface area contributed by atoms with Crippen molar-refractivity contribution in [2.24, 2.45) is 0 Å².